The fraction of sp³-hybridized carbons (Fsp3) is 0.462. The number of benzene rings is 2. The van der Waals surface area contributed by atoms with Crippen molar-refractivity contribution in [3.8, 4) is 11.5 Å². The Morgan fingerprint density at radius 2 is 1.45 bits per heavy atom. The van der Waals surface area contributed by atoms with E-state index in [9.17, 15) is 9.59 Å². The van der Waals surface area contributed by atoms with Crippen LogP contribution in [-0.4, -0.2) is 48.3 Å². The van der Waals surface area contributed by atoms with E-state index in [0.717, 1.165) is 22.6 Å². The smallest absolute Gasteiger partial charge is 0.243 e. The van der Waals surface area contributed by atoms with Crippen LogP contribution < -0.4 is 14.8 Å². The summed E-state index contributed by atoms with van der Waals surface area (Å²) in [5.41, 5.74) is 1.70. The van der Waals surface area contributed by atoms with Crippen LogP contribution in [0.1, 0.15) is 45.2 Å². The van der Waals surface area contributed by atoms with Crippen molar-refractivity contribution in [3.05, 3.63) is 59.7 Å². The molecule has 0 aromatic heterocycles. The number of methoxy groups -OCH3 is 2. The van der Waals surface area contributed by atoms with Gasteiger partial charge in [-0.1, -0.05) is 31.2 Å². The van der Waals surface area contributed by atoms with E-state index in [-0.39, 0.29) is 17.4 Å². The second-order valence-electron chi connectivity index (χ2n) is 8.87. The first-order chi connectivity index (χ1) is 15.7. The van der Waals surface area contributed by atoms with E-state index < -0.39 is 6.04 Å². The quantitative estimate of drug-likeness (QED) is 0.515. The molecule has 0 heterocycles. The monoisotopic (exact) mass is 472 g/mol. The number of rotatable bonds is 11. The van der Waals surface area contributed by atoms with E-state index >= 15 is 0 Å². The molecule has 0 aliphatic rings. The lowest BCUT2D eigenvalue weighted by Gasteiger charge is -2.33. The lowest BCUT2D eigenvalue weighted by Crippen LogP contribution is -2.53. The van der Waals surface area contributed by atoms with Gasteiger partial charge >= 0.3 is 0 Å². The van der Waals surface area contributed by atoms with Crippen molar-refractivity contribution in [2.24, 2.45) is 0 Å². The van der Waals surface area contributed by atoms with Gasteiger partial charge in [-0.2, -0.15) is 0 Å². The highest BCUT2D eigenvalue weighted by Crippen LogP contribution is 2.20. The molecule has 0 bridgehead atoms. The van der Waals surface area contributed by atoms with E-state index in [1.807, 2.05) is 76.2 Å². The van der Waals surface area contributed by atoms with Crippen LogP contribution in [0.15, 0.2) is 48.5 Å². The largest absolute Gasteiger partial charge is 0.497 e. The van der Waals surface area contributed by atoms with Crippen molar-refractivity contribution in [2.75, 3.05) is 20.0 Å². The first kappa shape index (κ1) is 26.6. The van der Waals surface area contributed by atoms with Crippen LogP contribution in [0.2, 0.25) is 0 Å². The molecule has 0 saturated carbocycles. The molecule has 6 nitrogen and oxygen atoms in total. The highest BCUT2D eigenvalue weighted by Gasteiger charge is 2.30. The zero-order chi connectivity index (χ0) is 24.4. The molecule has 0 saturated heterocycles. The van der Waals surface area contributed by atoms with E-state index in [0.29, 0.717) is 24.5 Å². The average molecular weight is 473 g/mol. The van der Waals surface area contributed by atoms with Crippen LogP contribution >= 0.6 is 11.8 Å². The number of hydrogen-bond donors (Lipinski definition) is 1. The van der Waals surface area contributed by atoms with Gasteiger partial charge in [-0.05, 0) is 62.6 Å². The third-order valence-corrected chi connectivity index (χ3v) is 6.04. The van der Waals surface area contributed by atoms with Gasteiger partial charge in [0.05, 0.1) is 20.0 Å². The Kier molecular flexibility index (Phi) is 10.1. The Bertz CT molecular complexity index is 892. The van der Waals surface area contributed by atoms with Gasteiger partial charge in [0.15, 0.2) is 0 Å². The molecule has 0 aliphatic heterocycles. The fourth-order valence-corrected chi connectivity index (χ4v) is 4.23. The van der Waals surface area contributed by atoms with Gasteiger partial charge in [-0.25, -0.2) is 0 Å². The molecule has 2 aromatic carbocycles. The Morgan fingerprint density at radius 1 is 0.939 bits per heavy atom. The van der Waals surface area contributed by atoms with E-state index in [1.54, 1.807) is 30.9 Å². The number of nitrogens with one attached hydrogen (secondary N) is 1. The van der Waals surface area contributed by atoms with Crippen molar-refractivity contribution in [1.82, 2.24) is 10.2 Å². The summed E-state index contributed by atoms with van der Waals surface area (Å²) < 4.78 is 10.4. The van der Waals surface area contributed by atoms with Crippen molar-refractivity contribution >= 4 is 23.6 Å². The summed E-state index contributed by atoms with van der Waals surface area (Å²) in [4.78, 5) is 28.0. The molecular formula is C26H36N2O4S. The molecule has 2 rings (SSSR count). The number of carbonyl (C=O) groups excluding carboxylic acids is 2. The van der Waals surface area contributed by atoms with Crippen molar-refractivity contribution in [2.45, 2.75) is 58.0 Å². The third-order valence-electron chi connectivity index (χ3n) is 5.05. The minimum Gasteiger partial charge on any atom is -0.497 e. The molecule has 0 spiro atoms. The molecule has 0 radical (unpaired) electrons. The Labute approximate surface area is 202 Å². The maximum atomic E-state index is 13.3. The fourth-order valence-electron chi connectivity index (χ4n) is 3.36. The third kappa shape index (κ3) is 8.65. The molecule has 1 atom stereocenters. The Hall–Kier alpha value is -2.67. The van der Waals surface area contributed by atoms with Crippen LogP contribution in [-0.2, 0) is 21.9 Å². The van der Waals surface area contributed by atoms with Crippen LogP contribution in [0.5, 0.6) is 11.5 Å². The molecule has 7 heteroatoms. The van der Waals surface area contributed by atoms with Gasteiger partial charge < -0.3 is 19.7 Å². The first-order valence-electron chi connectivity index (χ1n) is 11.1. The lowest BCUT2D eigenvalue weighted by molar-refractivity contribution is -0.140. The summed E-state index contributed by atoms with van der Waals surface area (Å²) in [6.07, 6.45) is 0.535. The van der Waals surface area contributed by atoms with Crippen LogP contribution in [0.3, 0.4) is 0 Å². The molecule has 1 N–H and O–H groups in total. The molecule has 0 fully saturated rings. The van der Waals surface area contributed by atoms with Gasteiger partial charge in [0.1, 0.15) is 17.5 Å². The van der Waals surface area contributed by atoms with E-state index in [4.69, 9.17) is 9.47 Å². The van der Waals surface area contributed by atoms with Crippen molar-refractivity contribution in [1.29, 1.82) is 0 Å². The molecular weight excluding hydrogens is 436 g/mol. The number of nitrogens with zero attached hydrogens (tertiary/aromatic N) is 1. The van der Waals surface area contributed by atoms with Gasteiger partial charge in [-0.3, -0.25) is 9.59 Å². The highest BCUT2D eigenvalue weighted by atomic mass is 32.2. The van der Waals surface area contributed by atoms with Crippen molar-refractivity contribution in [3.63, 3.8) is 0 Å². The molecule has 180 valence electrons. The van der Waals surface area contributed by atoms with Gasteiger partial charge in [0.2, 0.25) is 11.8 Å². The second kappa shape index (κ2) is 12.5. The van der Waals surface area contributed by atoms with Crippen LogP contribution in [0.4, 0.5) is 0 Å². The van der Waals surface area contributed by atoms with Crippen LogP contribution in [0.25, 0.3) is 0 Å². The predicted molar refractivity (Wildman–Crippen MR) is 135 cm³/mol. The minimum atomic E-state index is -0.541. The lowest BCUT2D eigenvalue weighted by atomic mass is 10.1. The van der Waals surface area contributed by atoms with Gasteiger partial charge in [0.25, 0.3) is 0 Å². The maximum absolute atomic E-state index is 13.3. The number of amides is 2. The summed E-state index contributed by atoms with van der Waals surface area (Å²) in [5.74, 6) is 2.37. The summed E-state index contributed by atoms with van der Waals surface area (Å²) >= 11 is 1.54. The highest BCUT2D eigenvalue weighted by molar-refractivity contribution is 7.99. The maximum Gasteiger partial charge on any atom is 0.243 e. The molecule has 0 unspecified atom stereocenters. The van der Waals surface area contributed by atoms with E-state index in [1.165, 1.54) is 0 Å². The number of thioether (sulfide) groups is 1. The minimum absolute atomic E-state index is 0.0553. The number of ether oxygens (including phenoxy) is 2. The van der Waals surface area contributed by atoms with Gasteiger partial charge in [0, 0.05) is 17.8 Å². The number of carbonyl (C=O) groups is 2. The van der Waals surface area contributed by atoms with E-state index in [2.05, 4.69) is 5.32 Å². The number of hydrogen-bond acceptors (Lipinski definition) is 5. The summed E-state index contributed by atoms with van der Waals surface area (Å²) in [6.45, 7) is 8.13. The topological polar surface area (TPSA) is 67.9 Å². The average Bonchev–Trinajstić information content (AvgIpc) is 2.78. The molecule has 2 aromatic rings. The summed E-state index contributed by atoms with van der Waals surface area (Å²) in [6, 6.07) is 14.9. The Morgan fingerprint density at radius 3 is 1.91 bits per heavy atom. The Balaban J connectivity index is 2.14. The van der Waals surface area contributed by atoms with Crippen LogP contribution in [0, 0.1) is 0 Å². The zero-order valence-corrected chi connectivity index (χ0v) is 21.3. The normalized spacial score (nSPS) is 12.1. The second-order valence-corrected chi connectivity index (χ2v) is 9.86. The standard InChI is InChI=1S/C26H36N2O4S/c1-7-23(25(30)27-26(2,3)4)28(16-19-8-12-21(31-5)13-9-19)24(29)18-33-17-20-10-14-22(32-6)15-11-20/h8-15,23H,7,16-18H2,1-6H3,(H,27,30)/t23-/m1/s1. The summed E-state index contributed by atoms with van der Waals surface area (Å²) in [7, 11) is 3.26. The zero-order valence-electron chi connectivity index (χ0n) is 20.5. The SMILES string of the molecule is CC[C@H](C(=O)NC(C)(C)C)N(Cc1ccc(OC)cc1)C(=O)CSCc1ccc(OC)cc1. The van der Waals surface area contributed by atoms with Gasteiger partial charge in [-0.15, -0.1) is 11.8 Å². The summed E-state index contributed by atoms with van der Waals surface area (Å²) in [5, 5.41) is 3.03. The predicted octanol–water partition coefficient (Wildman–Crippen LogP) is 4.66. The molecule has 33 heavy (non-hydrogen) atoms. The first-order valence-corrected chi connectivity index (χ1v) is 12.3. The molecule has 0 aliphatic carbocycles. The molecule has 2 amide bonds. The van der Waals surface area contributed by atoms with Crippen molar-refractivity contribution < 1.29 is 19.1 Å².